The standard InChI is InChI=1S/C56H90O27S/c1-21(2)16-26(57)19-56(9,69)34-11-10-29-28-18-32(31-17-27(83-84(70,71)72)12-14-54(31,7)30(28)13-15-55(29,34)8)78-51-45(68)46(38(61)25(6)76-51)80-52-47(81-49-43(66)40(63)35(58)22(3)74-49)39(62)33(20-73-52)79-53-48(42(65)37(60)24(5)77-53)82-50-44(67)41(64)36(59)23(4)75-50/h13,16,22-25,27-29,31-53,58-69H,10-12,14-15,17-20H2,1-9H3,(H,70,71,72)/t22-,23-,24-,25-,27+,28+,29+,31-,32+,33-,34+,35-,36+,37-,38-,39+,40+,41+,42+,43-,44-,45-,46+,47-,48-,49?,50?,51?,52?,53?,54-,55+,56-/m1/s1. The Labute approximate surface area is 488 Å². The van der Waals surface area contributed by atoms with Gasteiger partial charge in [-0.15, -0.1) is 0 Å². The zero-order valence-electron chi connectivity index (χ0n) is 48.8. The summed E-state index contributed by atoms with van der Waals surface area (Å²) in [5.74, 6) is -1.09. The smallest absolute Gasteiger partial charge is 0.389 e. The van der Waals surface area contributed by atoms with E-state index in [0.29, 0.717) is 32.1 Å². The Morgan fingerprint density at radius 3 is 1.70 bits per heavy atom. The predicted molar refractivity (Wildman–Crippen MR) is 284 cm³/mol. The lowest BCUT2D eigenvalue weighted by atomic mass is 9.47. The van der Waals surface area contributed by atoms with E-state index in [1.807, 2.05) is 13.8 Å². The summed E-state index contributed by atoms with van der Waals surface area (Å²) in [6.07, 6.45) is -34.3. The zero-order valence-corrected chi connectivity index (χ0v) is 49.6. The van der Waals surface area contributed by atoms with Crippen LogP contribution in [0.15, 0.2) is 23.3 Å². The number of aliphatic hydroxyl groups excluding tert-OH is 11. The van der Waals surface area contributed by atoms with Gasteiger partial charge < -0.3 is 109 Å². The average Bonchev–Trinajstić information content (AvgIpc) is 1.36. The summed E-state index contributed by atoms with van der Waals surface area (Å²) < 4.78 is 101. The molecule has 8 fully saturated rings. The molecule has 0 aromatic heterocycles. The van der Waals surface area contributed by atoms with Crippen LogP contribution in [0.5, 0.6) is 0 Å². The molecule has 0 bridgehead atoms. The molecule has 5 aliphatic heterocycles. The van der Waals surface area contributed by atoms with Crippen molar-refractivity contribution >= 4 is 16.2 Å². The number of fused-ring (bicyclic) bond motifs is 5. The highest BCUT2D eigenvalue weighted by atomic mass is 32.3. The topological polar surface area (TPSA) is 416 Å². The summed E-state index contributed by atoms with van der Waals surface area (Å²) in [5, 5.41) is 135. The van der Waals surface area contributed by atoms with E-state index >= 15 is 0 Å². The van der Waals surface area contributed by atoms with Crippen LogP contribution in [0, 0.1) is 34.5 Å². The summed E-state index contributed by atoms with van der Waals surface area (Å²) in [6, 6.07) is 0. The molecule has 0 aromatic rings. The fourth-order valence-corrected chi connectivity index (χ4v) is 16.0. The van der Waals surface area contributed by atoms with E-state index in [4.69, 9.17) is 51.6 Å². The van der Waals surface area contributed by atoms with Crippen LogP contribution in [0.1, 0.15) is 114 Å². The van der Waals surface area contributed by atoms with Crippen LogP contribution in [0.4, 0.5) is 0 Å². The van der Waals surface area contributed by atoms with Gasteiger partial charge in [0.05, 0.1) is 48.8 Å². The summed E-state index contributed by atoms with van der Waals surface area (Å²) in [7, 11) is -4.88. The van der Waals surface area contributed by atoms with E-state index in [9.17, 15) is 79.0 Å². The SMILES string of the molecule is CC(C)=CC(=O)C[C@@](C)(O)[C@H]1CC[C@H]2[C@@H]3C[C@H](OC4O[C@H](C)[C@@H](O)[C@H](OC5OC[C@@H](OC6O[C@H](C)[C@@H](O)[C@H](O)[C@H]6OC6O[C@H](C)[C@H](O)[C@H](O)[C@H]6O)[C@H](O)[C@H]5OC5O[C@H](C)[C@@H](O)[C@H](O)[C@H]5O)[C@H]4O)[C@H]4C[C@@H](OS(=O)(=O)O)CC[C@]4(C)C3=CC[C@@]21C. The van der Waals surface area contributed by atoms with Crippen LogP contribution in [0.3, 0.4) is 0 Å². The van der Waals surface area contributed by atoms with Crippen molar-refractivity contribution in [3.05, 3.63) is 23.3 Å². The van der Waals surface area contributed by atoms with Gasteiger partial charge in [0.2, 0.25) is 0 Å². The van der Waals surface area contributed by atoms with Gasteiger partial charge in [-0.05, 0) is 134 Å². The molecule has 84 heavy (non-hydrogen) atoms. The van der Waals surface area contributed by atoms with Crippen LogP contribution >= 0.6 is 0 Å². The van der Waals surface area contributed by atoms with Gasteiger partial charge >= 0.3 is 10.4 Å². The number of hydrogen-bond acceptors (Lipinski definition) is 26. The summed E-state index contributed by atoms with van der Waals surface area (Å²) in [6.45, 7) is 14.7. The third-order valence-electron chi connectivity index (χ3n) is 20.0. The third-order valence-corrected chi connectivity index (χ3v) is 20.6. The van der Waals surface area contributed by atoms with E-state index in [1.54, 1.807) is 6.92 Å². The lowest BCUT2D eigenvalue weighted by Gasteiger charge is -2.60. The first kappa shape index (κ1) is 66.6. The molecule has 0 aromatic carbocycles. The van der Waals surface area contributed by atoms with Crippen LogP contribution in [-0.4, -0.2) is 252 Å². The minimum Gasteiger partial charge on any atom is -0.389 e. The van der Waals surface area contributed by atoms with Crippen molar-refractivity contribution < 1.29 is 131 Å². The zero-order chi connectivity index (χ0) is 61.6. The van der Waals surface area contributed by atoms with Crippen molar-refractivity contribution in [3.63, 3.8) is 0 Å². The number of carbonyl (C=O) groups excluding carboxylic acids is 1. The van der Waals surface area contributed by atoms with E-state index in [1.165, 1.54) is 33.8 Å². The molecular weight excluding hydrogens is 1140 g/mol. The van der Waals surface area contributed by atoms with E-state index in [2.05, 4.69) is 19.9 Å². The first-order valence-electron chi connectivity index (χ1n) is 29.4. The van der Waals surface area contributed by atoms with Gasteiger partial charge in [-0.25, -0.2) is 4.18 Å². The molecule has 33 atom stereocenters. The number of carbonyl (C=O) groups is 1. The molecule has 5 saturated heterocycles. The summed E-state index contributed by atoms with van der Waals surface area (Å²) in [5.41, 5.74) is -0.475. The number of hydrogen-bond donors (Lipinski definition) is 13. The second-order valence-electron chi connectivity index (χ2n) is 26.2. The number of ether oxygens (including phenoxy) is 10. The molecule has 5 heterocycles. The van der Waals surface area contributed by atoms with Gasteiger partial charge in [0.1, 0.15) is 91.6 Å². The number of aliphatic hydroxyl groups is 12. The van der Waals surface area contributed by atoms with Crippen molar-refractivity contribution in [2.24, 2.45) is 34.5 Å². The minimum atomic E-state index is -4.88. The highest BCUT2D eigenvalue weighted by Crippen LogP contribution is 2.67. The molecule has 13 N–H and O–H groups in total. The second-order valence-corrected chi connectivity index (χ2v) is 27.2. The Kier molecular flexibility index (Phi) is 20.2. The highest BCUT2D eigenvalue weighted by molar-refractivity contribution is 7.80. The van der Waals surface area contributed by atoms with Crippen molar-refractivity contribution in [3.8, 4) is 0 Å². The molecule has 9 aliphatic rings. The van der Waals surface area contributed by atoms with Gasteiger partial charge in [-0.3, -0.25) is 9.35 Å². The maximum absolute atomic E-state index is 13.1. The lowest BCUT2D eigenvalue weighted by molar-refractivity contribution is -0.397. The van der Waals surface area contributed by atoms with Gasteiger partial charge in [0, 0.05) is 6.42 Å². The first-order valence-corrected chi connectivity index (χ1v) is 30.8. The van der Waals surface area contributed by atoms with Crippen LogP contribution in [0.2, 0.25) is 0 Å². The number of allylic oxidation sites excluding steroid dienone is 4. The summed E-state index contributed by atoms with van der Waals surface area (Å²) in [4.78, 5) is 13.1. The Morgan fingerprint density at radius 1 is 0.619 bits per heavy atom. The van der Waals surface area contributed by atoms with Crippen molar-refractivity contribution in [1.29, 1.82) is 0 Å². The minimum absolute atomic E-state index is 0.00865. The molecule has 482 valence electrons. The highest BCUT2D eigenvalue weighted by Gasteiger charge is 2.64. The largest absolute Gasteiger partial charge is 0.397 e. The Hall–Kier alpha value is -1.86. The quantitative estimate of drug-likeness (QED) is 0.0464. The van der Waals surface area contributed by atoms with E-state index in [0.717, 1.165) is 11.1 Å². The molecule has 0 spiro atoms. The molecule has 4 aliphatic carbocycles. The molecule has 0 amide bonds. The van der Waals surface area contributed by atoms with Gasteiger partial charge in [0.25, 0.3) is 0 Å². The first-order chi connectivity index (χ1) is 39.1. The number of rotatable bonds is 16. The Bertz CT molecular complexity index is 2460. The van der Waals surface area contributed by atoms with Crippen molar-refractivity contribution in [2.75, 3.05) is 6.61 Å². The second kappa shape index (κ2) is 25.4. The molecular formula is C56H90O27S. The normalized spacial score (nSPS) is 51.6. The van der Waals surface area contributed by atoms with Gasteiger partial charge in [-0.2, -0.15) is 8.42 Å². The fourth-order valence-electron chi connectivity index (χ4n) is 15.5. The van der Waals surface area contributed by atoms with Crippen LogP contribution in [0.25, 0.3) is 0 Å². The van der Waals surface area contributed by atoms with Crippen LogP contribution < -0.4 is 0 Å². The molecule has 0 radical (unpaired) electrons. The van der Waals surface area contributed by atoms with Crippen molar-refractivity contribution in [1.82, 2.24) is 0 Å². The van der Waals surface area contributed by atoms with Crippen molar-refractivity contribution in [2.45, 2.75) is 279 Å². The molecule has 27 nitrogen and oxygen atoms in total. The predicted octanol–water partition coefficient (Wildman–Crippen LogP) is -1.73. The maximum Gasteiger partial charge on any atom is 0.397 e. The average molecular weight is 1230 g/mol. The van der Waals surface area contributed by atoms with Gasteiger partial charge in [-0.1, -0.05) is 31.1 Å². The Morgan fingerprint density at radius 2 is 1.13 bits per heavy atom. The summed E-state index contributed by atoms with van der Waals surface area (Å²) >= 11 is 0. The maximum atomic E-state index is 13.1. The number of ketones is 1. The monoisotopic (exact) mass is 1230 g/mol. The van der Waals surface area contributed by atoms with Crippen LogP contribution in [-0.2, 0) is 66.7 Å². The molecule has 3 saturated carbocycles. The van der Waals surface area contributed by atoms with E-state index in [-0.39, 0.29) is 42.8 Å². The van der Waals surface area contributed by atoms with E-state index < -0.39 is 199 Å². The molecule has 28 heteroatoms. The third kappa shape index (κ3) is 13.0. The lowest BCUT2D eigenvalue weighted by Crippen LogP contribution is -2.66. The Balaban J connectivity index is 0.980. The molecule has 9 rings (SSSR count). The molecule has 5 unspecified atom stereocenters. The van der Waals surface area contributed by atoms with Gasteiger partial charge in [0.15, 0.2) is 37.2 Å². The fraction of sp³-hybridized carbons (Fsp3) is 0.911.